The van der Waals surface area contributed by atoms with Crippen LogP contribution in [-0.2, 0) is 4.74 Å². The normalized spacial score (nSPS) is 22.8. The molecule has 0 bridgehead atoms. The first kappa shape index (κ1) is 20.8. The highest BCUT2D eigenvalue weighted by Crippen LogP contribution is 2.39. The molecule has 0 radical (unpaired) electrons. The van der Waals surface area contributed by atoms with Crippen molar-refractivity contribution in [3.63, 3.8) is 0 Å². The summed E-state index contributed by atoms with van der Waals surface area (Å²) in [6, 6.07) is 0.616. The van der Waals surface area contributed by atoms with Crippen molar-refractivity contribution in [3.8, 4) is 0 Å². The van der Waals surface area contributed by atoms with E-state index in [-0.39, 0.29) is 30.2 Å². The van der Waals surface area contributed by atoms with E-state index in [1.165, 1.54) is 4.57 Å². The van der Waals surface area contributed by atoms with E-state index in [1.807, 2.05) is 0 Å². The lowest BCUT2D eigenvalue weighted by molar-refractivity contribution is 0.166. The van der Waals surface area contributed by atoms with E-state index in [9.17, 15) is 14.0 Å². The van der Waals surface area contributed by atoms with Gasteiger partial charge in [0.05, 0.1) is 16.6 Å². The molecule has 2 fully saturated rings. The second kappa shape index (κ2) is 7.66. The monoisotopic (exact) mass is 423 g/mol. The third kappa shape index (κ3) is 3.27. The Hall–Kier alpha value is -2.46. The molecule has 0 spiro atoms. The standard InChI is InChI=1S/C20H27F2N5O3/c1-10-17-12(19(28)27(24)20(29)26(17)11-3-4-11)7-14(21)18(10)25-8-13(15(22)9-25)16(23)5-6-30-2/h7,11,13,15-16H,3-6,8-9,23-24H2,1-2H3/t13-,15+,16-/m0/s1. The van der Waals surface area contributed by atoms with E-state index in [1.54, 1.807) is 18.9 Å². The van der Waals surface area contributed by atoms with Gasteiger partial charge in [0.25, 0.3) is 5.56 Å². The van der Waals surface area contributed by atoms with Crippen LogP contribution in [0.5, 0.6) is 0 Å². The van der Waals surface area contributed by atoms with E-state index < -0.39 is 35.2 Å². The molecule has 1 saturated carbocycles. The maximum Gasteiger partial charge on any atom is 0.350 e. The number of nitrogen functional groups attached to an aromatic ring is 1. The van der Waals surface area contributed by atoms with Crippen LogP contribution >= 0.6 is 0 Å². The molecular weight excluding hydrogens is 396 g/mol. The quantitative estimate of drug-likeness (QED) is 0.666. The molecule has 1 aliphatic carbocycles. The number of ether oxygens (including phenoxy) is 1. The maximum atomic E-state index is 15.2. The van der Waals surface area contributed by atoms with Crippen LogP contribution in [0.1, 0.15) is 30.9 Å². The highest BCUT2D eigenvalue weighted by atomic mass is 19.1. The molecule has 1 saturated heterocycles. The number of anilines is 1. The molecule has 4 N–H and O–H groups in total. The number of rotatable bonds is 6. The lowest BCUT2D eigenvalue weighted by atomic mass is 9.96. The first-order chi connectivity index (χ1) is 14.3. The Balaban J connectivity index is 1.81. The predicted octanol–water partition coefficient (Wildman–Crippen LogP) is 0.798. The predicted molar refractivity (Wildman–Crippen MR) is 111 cm³/mol. The topological polar surface area (TPSA) is 109 Å². The van der Waals surface area contributed by atoms with E-state index in [0.717, 1.165) is 18.9 Å². The van der Waals surface area contributed by atoms with Gasteiger partial charge in [0.15, 0.2) is 0 Å². The van der Waals surface area contributed by atoms with Crippen molar-refractivity contribution in [2.45, 2.75) is 44.4 Å². The number of halogens is 2. The number of aryl methyl sites for hydroxylation is 1. The molecule has 1 aromatic heterocycles. The van der Waals surface area contributed by atoms with Crippen LogP contribution in [0, 0.1) is 18.7 Å². The van der Waals surface area contributed by atoms with E-state index >= 15 is 4.39 Å². The molecular formula is C20H27F2N5O3. The number of nitrogens with two attached hydrogens (primary N) is 2. The number of hydrogen-bond acceptors (Lipinski definition) is 6. The first-order valence-electron chi connectivity index (χ1n) is 10.1. The number of nitrogens with zero attached hydrogens (tertiary/aromatic N) is 3. The smallest absolute Gasteiger partial charge is 0.350 e. The average Bonchev–Trinajstić information content (AvgIpc) is 3.47. The van der Waals surface area contributed by atoms with Crippen LogP contribution in [0.4, 0.5) is 14.5 Å². The summed E-state index contributed by atoms with van der Waals surface area (Å²) in [5.41, 5.74) is 5.78. The van der Waals surface area contributed by atoms with Crippen LogP contribution in [0.15, 0.2) is 15.7 Å². The van der Waals surface area contributed by atoms with Gasteiger partial charge in [0, 0.05) is 50.4 Å². The van der Waals surface area contributed by atoms with Crippen molar-refractivity contribution in [3.05, 3.63) is 38.3 Å². The third-order valence-electron chi connectivity index (χ3n) is 6.29. The van der Waals surface area contributed by atoms with Gasteiger partial charge >= 0.3 is 5.69 Å². The van der Waals surface area contributed by atoms with Crippen LogP contribution in [0.25, 0.3) is 10.9 Å². The zero-order chi connectivity index (χ0) is 21.7. The van der Waals surface area contributed by atoms with Gasteiger partial charge in [-0.1, -0.05) is 0 Å². The lowest BCUT2D eigenvalue weighted by Crippen LogP contribution is -2.44. The molecule has 2 heterocycles. The summed E-state index contributed by atoms with van der Waals surface area (Å²) in [5.74, 6) is 4.55. The Labute approximate surface area is 172 Å². The zero-order valence-corrected chi connectivity index (χ0v) is 17.1. The fourth-order valence-corrected chi connectivity index (χ4v) is 4.56. The summed E-state index contributed by atoms with van der Waals surface area (Å²) in [5, 5.41) is 0.0482. The molecule has 0 unspecified atom stereocenters. The molecule has 1 aromatic carbocycles. The highest BCUT2D eigenvalue weighted by molar-refractivity contribution is 5.87. The van der Waals surface area contributed by atoms with Crippen molar-refractivity contribution in [1.29, 1.82) is 0 Å². The molecule has 3 atom stereocenters. The first-order valence-corrected chi connectivity index (χ1v) is 10.1. The summed E-state index contributed by atoms with van der Waals surface area (Å²) in [7, 11) is 1.56. The molecule has 30 heavy (non-hydrogen) atoms. The highest BCUT2D eigenvalue weighted by Gasteiger charge is 2.39. The minimum absolute atomic E-state index is 0.00374. The zero-order valence-electron chi connectivity index (χ0n) is 17.1. The number of hydrogen-bond donors (Lipinski definition) is 2. The maximum absolute atomic E-state index is 15.2. The minimum Gasteiger partial charge on any atom is -0.385 e. The Bertz CT molecular complexity index is 1090. The molecule has 8 nitrogen and oxygen atoms in total. The van der Waals surface area contributed by atoms with Crippen molar-refractivity contribution in [2.75, 3.05) is 37.5 Å². The van der Waals surface area contributed by atoms with Gasteiger partial charge in [-0.15, -0.1) is 0 Å². The van der Waals surface area contributed by atoms with Gasteiger partial charge in [-0.2, -0.15) is 4.68 Å². The summed E-state index contributed by atoms with van der Waals surface area (Å²) in [6.45, 7) is 2.32. The molecule has 10 heteroatoms. The van der Waals surface area contributed by atoms with Crippen LogP contribution in [-0.4, -0.2) is 48.3 Å². The number of alkyl halides is 1. The van der Waals surface area contributed by atoms with Crippen molar-refractivity contribution < 1.29 is 13.5 Å². The number of aromatic nitrogens is 2. The summed E-state index contributed by atoms with van der Waals surface area (Å²) >= 11 is 0. The van der Waals surface area contributed by atoms with E-state index in [0.29, 0.717) is 28.8 Å². The van der Waals surface area contributed by atoms with Gasteiger partial charge in [-0.05, 0) is 32.3 Å². The van der Waals surface area contributed by atoms with Gasteiger partial charge < -0.3 is 21.2 Å². The molecule has 4 rings (SSSR count). The number of fused-ring (bicyclic) bond motifs is 1. The van der Waals surface area contributed by atoms with E-state index in [2.05, 4.69) is 0 Å². The molecule has 2 aliphatic rings. The Kier molecular flexibility index (Phi) is 5.31. The average molecular weight is 423 g/mol. The van der Waals surface area contributed by atoms with Gasteiger partial charge in [-0.3, -0.25) is 9.36 Å². The second-order valence-corrected chi connectivity index (χ2v) is 8.32. The number of methoxy groups -OCH3 is 1. The van der Waals surface area contributed by atoms with Gasteiger partial charge in [0.2, 0.25) is 0 Å². The molecule has 2 aromatic rings. The van der Waals surface area contributed by atoms with Crippen molar-refractivity contribution in [1.82, 2.24) is 9.24 Å². The van der Waals surface area contributed by atoms with Crippen LogP contribution in [0.2, 0.25) is 0 Å². The van der Waals surface area contributed by atoms with E-state index in [4.69, 9.17) is 16.3 Å². The minimum atomic E-state index is -1.21. The second-order valence-electron chi connectivity index (χ2n) is 8.32. The van der Waals surface area contributed by atoms with Crippen LogP contribution < -0.4 is 27.7 Å². The fraction of sp³-hybridized carbons (Fsp3) is 0.600. The summed E-state index contributed by atoms with van der Waals surface area (Å²) in [6.07, 6.45) is 0.860. The Morgan fingerprint density at radius 1 is 1.30 bits per heavy atom. The fourth-order valence-electron chi connectivity index (χ4n) is 4.56. The largest absolute Gasteiger partial charge is 0.385 e. The Morgan fingerprint density at radius 2 is 2.00 bits per heavy atom. The Morgan fingerprint density at radius 3 is 2.63 bits per heavy atom. The van der Waals surface area contributed by atoms with Crippen molar-refractivity contribution >= 4 is 16.6 Å². The molecule has 164 valence electrons. The SMILES string of the molecule is COCC[C@H](N)[C@H]1CN(c2c(F)cc3c(=O)n(N)c(=O)n(C4CC4)c3c2C)C[C@H]1F. The summed E-state index contributed by atoms with van der Waals surface area (Å²) in [4.78, 5) is 26.8. The van der Waals surface area contributed by atoms with Crippen molar-refractivity contribution in [2.24, 2.45) is 11.7 Å². The van der Waals surface area contributed by atoms with Gasteiger partial charge in [0.1, 0.15) is 12.0 Å². The molecule has 0 amide bonds. The van der Waals surface area contributed by atoms with Crippen LogP contribution in [0.3, 0.4) is 0 Å². The lowest BCUT2D eigenvalue weighted by Gasteiger charge is -2.25. The molecule has 1 aliphatic heterocycles. The summed E-state index contributed by atoms with van der Waals surface area (Å²) < 4.78 is 37.0. The van der Waals surface area contributed by atoms with Gasteiger partial charge in [-0.25, -0.2) is 13.6 Å². The number of benzene rings is 1. The third-order valence-corrected chi connectivity index (χ3v) is 6.29.